The Morgan fingerprint density at radius 1 is 1.08 bits per heavy atom. The van der Waals surface area contributed by atoms with Gasteiger partial charge in [0.15, 0.2) is 0 Å². The molecule has 0 radical (unpaired) electrons. The summed E-state index contributed by atoms with van der Waals surface area (Å²) in [5.74, 6) is 0.658. The van der Waals surface area contributed by atoms with E-state index in [1.165, 1.54) is 4.90 Å². The largest absolute Gasteiger partial charge is 0.489 e. The second-order valence-electron chi connectivity index (χ2n) is 5.77. The Bertz CT molecular complexity index is 627. The summed E-state index contributed by atoms with van der Waals surface area (Å²) in [5.41, 5.74) is 2.14. The molecule has 5 heteroatoms. The second-order valence-corrected chi connectivity index (χ2v) is 5.77. The van der Waals surface area contributed by atoms with Crippen LogP contribution in [0.1, 0.15) is 11.1 Å². The summed E-state index contributed by atoms with van der Waals surface area (Å²) in [5, 5.41) is 12.4. The van der Waals surface area contributed by atoms with Crippen LogP contribution in [0.3, 0.4) is 0 Å². The minimum absolute atomic E-state index is 0.139. The third-order valence-electron chi connectivity index (χ3n) is 3.65. The zero-order chi connectivity index (χ0) is 17.4. The van der Waals surface area contributed by atoms with Crippen LogP contribution in [0.15, 0.2) is 54.6 Å². The lowest BCUT2D eigenvalue weighted by molar-refractivity contribution is -0.131. The van der Waals surface area contributed by atoms with E-state index in [1.54, 1.807) is 14.1 Å². The standard InChI is InChI=1S/C19H24N2O3/c1-21(2)19(23)18(13-22)20-12-15-8-10-17(11-9-15)24-14-16-6-4-3-5-7-16/h3-11,18,20,22H,12-14H2,1-2H3. The lowest BCUT2D eigenvalue weighted by Crippen LogP contribution is -2.45. The van der Waals surface area contributed by atoms with E-state index in [0.29, 0.717) is 13.2 Å². The highest BCUT2D eigenvalue weighted by Gasteiger charge is 2.18. The van der Waals surface area contributed by atoms with Gasteiger partial charge in [-0.3, -0.25) is 10.1 Å². The van der Waals surface area contributed by atoms with Crippen LogP contribution >= 0.6 is 0 Å². The molecule has 128 valence electrons. The van der Waals surface area contributed by atoms with Crippen molar-refractivity contribution < 1.29 is 14.6 Å². The zero-order valence-corrected chi connectivity index (χ0v) is 14.1. The van der Waals surface area contributed by atoms with Crippen molar-refractivity contribution in [2.24, 2.45) is 0 Å². The van der Waals surface area contributed by atoms with Crippen LogP contribution in [0.25, 0.3) is 0 Å². The molecule has 0 saturated heterocycles. The van der Waals surface area contributed by atoms with Crippen molar-refractivity contribution in [3.63, 3.8) is 0 Å². The van der Waals surface area contributed by atoms with Gasteiger partial charge in [-0.05, 0) is 23.3 Å². The molecule has 0 aromatic heterocycles. The number of likely N-dealkylation sites (N-methyl/N-ethyl adjacent to an activating group) is 1. The van der Waals surface area contributed by atoms with Crippen LogP contribution < -0.4 is 10.1 Å². The van der Waals surface area contributed by atoms with Crippen molar-refractivity contribution in [1.29, 1.82) is 0 Å². The predicted molar refractivity (Wildman–Crippen MR) is 93.6 cm³/mol. The number of carbonyl (C=O) groups is 1. The summed E-state index contributed by atoms with van der Waals surface area (Å²) in [6.07, 6.45) is 0. The summed E-state index contributed by atoms with van der Waals surface area (Å²) in [6.45, 7) is 0.807. The number of carbonyl (C=O) groups excluding carboxylic acids is 1. The first-order chi connectivity index (χ1) is 11.6. The molecular formula is C19H24N2O3. The van der Waals surface area contributed by atoms with Crippen molar-refractivity contribution in [3.8, 4) is 5.75 Å². The molecule has 0 spiro atoms. The summed E-state index contributed by atoms with van der Waals surface area (Å²) >= 11 is 0. The molecule has 5 nitrogen and oxygen atoms in total. The number of nitrogens with zero attached hydrogens (tertiary/aromatic N) is 1. The van der Waals surface area contributed by atoms with Crippen LogP contribution in [-0.2, 0) is 17.9 Å². The van der Waals surface area contributed by atoms with Crippen LogP contribution in [-0.4, -0.2) is 42.7 Å². The molecule has 0 fully saturated rings. The van der Waals surface area contributed by atoms with Gasteiger partial charge in [-0.2, -0.15) is 0 Å². The molecule has 0 aliphatic heterocycles. The molecule has 2 aromatic carbocycles. The zero-order valence-electron chi connectivity index (χ0n) is 14.1. The number of aliphatic hydroxyl groups excluding tert-OH is 1. The summed E-state index contributed by atoms with van der Waals surface area (Å²) in [7, 11) is 3.34. The second kappa shape index (κ2) is 9.05. The van der Waals surface area contributed by atoms with E-state index in [9.17, 15) is 9.90 Å². The van der Waals surface area contributed by atoms with Gasteiger partial charge in [0.2, 0.25) is 5.91 Å². The van der Waals surface area contributed by atoms with Gasteiger partial charge in [0.05, 0.1) is 6.61 Å². The van der Waals surface area contributed by atoms with E-state index >= 15 is 0 Å². The van der Waals surface area contributed by atoms with Crippen molar-refractivity contribution in [3.05, 3.63) is 65.7 Å². The number of nitrogens with one attached hydrogen (secondary N) is 1. The van der Waals surface area contributed by atoms with Gasteiger partial charge in [0, 0.05) is 20.6 Å². The highest BCUT2D eigenvalue weighted by atomic mass is 16.5. The third-order valence-corrected chi connectivity index (χ3v) is 3.65. The van der Waals surface area contributed by atoms with Crippen molar-refractivity contribution in [2.45, 2.75) is 19.2 Å². The van der Waals surface area contributed by atoms with E-state index < -0.39 is 6.04 Å². The minimum atomic E-state index is -0.589. The van der Waals surface area contributed by atoms with Crippen molar-refractivity contribution in [2.75, 3.05) is 20.7 Å². The fourth-order valence-electron chi connectivity index (χ4n) is 2.23. The number of aliphatic hydroxyl groups is 1. The van der Waals surface area contributed by atoms with Gasteiger partial charge >= 0.3 is 0 Å². The molecule has 0 aliphatic rings. The normalized spacial score (nSPS) is 11.8. The number of hydrogen-bond donors (Lipinski definition) is 2. The first-order valence-electron chi connectivity index (χ1n) is 7.91. The number of hydrogen-bond acceptors (Lipinski definition) is 4. The van der Waals surface area contributed by atoms with Gasteiger partial charge in [-0.1, -0.05) is 42.5 Å². The Hall–Kier alpha value is -2.37. The Balaban J connectivity index is 1.84. The number of ether oxygens (including phenoxy) is 1. The molecule has 2 N–H and O–H groups in total. The number of benzene rings is 2. The van der Waals surface area contributed by atoms with Crippen LogP contribution in [0.4, 0.5) is 0 Å². The van der Waals surface area contributed by atoms with Gasteiger partial charge in [-0.15, -0.1) is 0 Å². The molecule has 24 heavy (non-hydrogen) atoms. The Morgan fingerprint density at radius 3 is 2.33 bits per heavy atom. The maximum absolute atomic E-state index is 11.9. The molecule has 1 unspecified atom stereocenters. The maximum atomic E-state index is 11.9. The van der Waals surface area contributed by atoms with Crippen molar-refractivity contribution >= 4 is 5.91 Å². The Kier molecular flexibility index (Phi) is 6.78. The number of amides is 1. The molecule has 0 bridgehead atoms. The topological polar surface area (TPSA) is 61.8 Å². The number of rotatable bonds is 8. The summed E-state index contributed by atoms with van der Waals surface area (Å²) < 4.78 is 5.74. The lowest BCUT2D eigenvalue weighted by Gasteiger charge is -2.19. The molecule has 0 saturated carbocycles. The van der Waals surface area contributed by atoms with E-state index in [2.05, 4.69) is 5.32 Å². The van der Waals surface area contributed by atoms with Crippen LogP contribution in [0, 0.1) is 0 Å². The van der Waals surface area contributed by atoms with Gasteiger partial charge < -0.3 is 14.7 Å². The van der Waals surface area contributed by atoms with Gasteiger partial charge in [0.25, 0.3) is 0 Å². The van der Waals surface area contributed by atoms with E-state index in [-0.39, 0.29) is 12.5 Å². The Labute approximate surface area is 142 Å². The fraction of sp³-hybridized carbons (Fsp3) is 0.316. The first kappa shape index (κ1) is 18.0. The van der Waals surface area contributed by atoms with Crippen molar-refractivity contribution in [1.82, 2.24) is 10.2 Å². The smallest absolute Gasteiger partial charge is 0.241 e. The SMILES string of the molecule is CN(C)C(=O)C(CO)NCc1ccc(OCc2ccccc2)cc1. The highest BCUT2D eigenvalue weighted by Crippen LogP contribution is 2.14. The van der Waals surface area contributed by atoms with Crippen LogP contribution in [0.5, 0.6) is 5.75 Å². The van der Waals surface area contributed by atoms with E-state index in [0.717, 1.165) is 16.9 Å². The van der Waals surface area contributed by atoms with Crippen LogP contribution in [0.2, 0.25) is 0 Å². The van der Waals surface area contributed by atoms with E-state index in [4.69, 9.17) is 4.74 Å². The molecule has 2 aromatic rings. The average molecular weight is 328 g/mol. The summed E-state index contributed by atoms with van der Waals surface area (Å²) in [4.78, 5) is 13.3. The predicted octanol–water partition coefficient (Wildman–Crippen LogP) is 1.80. The average Bonchev–Trinajstić information content (AvgIpc) is 2.62. The molecule has 1 amide bonds. The monoisotopic (exact) mass is 328 g/mol. The molecule has 2 rings (SSSR count). The molecule has 0 heterocycles. The maximum Gasteiger partial charge on any atom is 0.241 e. The Morgan fingerprint density at radius 2 is 1.75 bits per heavy atom. The van der Waals surface area contributed by atoms with Gasteiger partial charge in [0.1, 0.15) is 18.4 Å². The lowest BCUT2D eigenvalue weighted by atomic mass is 10.2. The first-order valence-corrected chi connectivity index (χ1v) is 7.91. The summed E-state index contributed by atoms with van der Waals surface area (Å²) in [6, 6.07) is 17.1. The van der Waals surface area contributed by atoms with Gasteiger partial charge in [-0.25, -0.2) is 0 Å². The molecular weight excluding hydrogens is 304 g/mol. The quantitative estimate of drug-likeness (QED) is 0.776. The molecule has 1 atom stereocenters. The van der Waals surface area contributed by atoms with E-state index in [1.807, 2.05) is 54.6 Å². The third kappa shape index (κ3) is 5.37. The molecule has 0 aliphatic carbocycles. The highest BCUT2D eigenvalue weighted by molar-refractivity contribution is 5.81. The minimum Gasteiger partial charge on any atom is -0.489 e. The fourth-order valence-corrected chi connectivity index (χ4v) is 2.23.